The number of imidazole rings is 1. The second-order valence-electron chi connectivity index (χ2n) is 5.44. The lowest BCUT2D eigenvalue weighted by Crippen LogP contribution is -2.25. The van der Waals surface area contributed by atoms with Crippen molar-refractivity contribution in [2.45, 2.75) is 26.3 Å². The van der Waals surface area contributed by atoms with Gasteiger partial charge in [0, 0.05) is 18.9 Å². The Morgan fingerprint density at radius 2 is 2.00 bits per heavy atom. The quantitative estimate of drug-likeness (QED) is 0.755. The number of ether oxygens (including phenoxy) is 1. The molecular formula is C17H15F3N4O2. The maximum atomic E-state index is 12.6. The summed E-state index contributed by atoms with van der Waals surface area (Å²) in [6.07, 6.45) is 0.622. The summed E-state index contributed by atoms with van der Waals surface area (Å²) >= 11 is 0. The monoisotopic (exact) mass is 364 g/mol. The molecule has 6 nitrogen and oxygen atoms in total. The normalized spacial score (nSPS) is 11.5. The van der Waals surface area contributed by atoms with E-state index < -0.39 is 6.36 Å². The summed E-state index contributed by atoms with van der Waals surface area (Å²) in [5.41, 5.74) is 2.27. The summed E-state index contributed by atoms with van der Waals surface area (Å²) in [5.74, 6) is -0.633. The molecule has 0 fully saturated rings. The van der Waals surface area contributed by atoms with Crippen LogP contribution in [0.1, 0.15) is 28.7 Å². The Bertz CT molecular complexity index is 920. The van der Waals surface area contributed by atoms with E-state index in [0.717, 1.165) is 0 Å². The third-order valence-electron chi connectivity index (χ3n) is 3.66. The van der Waals surface area contributed by atoms with Gasteiger partial charge in [0.15, 0.2) is 5.65 Å². The third-order valence-corrected chi connectivity index (χ3v) is 3.66. The molecule has 0 spiro atoms. The number of carbonyl (C=O) groups excluding carboxylic acids is 1. The smallest absolute Gasteiger partial charge is 0.406 e. The number of hydrogen-bond donors (Lipinski definition) is 1. The lowest BCUT2D eigenvalue weighted by molar-refractivity contribution is -0.274. The minimum Gasteiger partial charge on any atom is -0.406 e. The van der Waals surface area contributed by atoms with Gasteiger partial charge in [0.2, 0.25) is 0 Å². The van der Waals surface area contributed by atoms with Gasteiger partial charge in [-0.3, -0.25) is 14.2 Å². The van der Waals surface area contributed by atoms with E-state index in [2.05, 4.69) is 20.0 Å². The molecule has 136 valence electrons. The van der Waals surface area contributed by atoms with E-state index in [1.54, 1.807) is 23.0 Å². The zero-order valence-electron chi connectivity index (χ0n) is 13.7. The van der Waals surface area contributed by atoms with Crippen LogP contribution in [0.15, 0.2) is 42.9 Å². The van der Waals surface area contributed by atoms with Crippen molar-refractivity contribution >= 4 is 11.6 Å². The molecule has 0 aliphatic carbocycles. The number of rotatable bonds is 5. The average Bonchev–Trinajstić information content (AvgIpc) is 2.98. The molecule has 0 saturated carbocycles. The van der Waals surface area contributed by atoms with Gasteiger partial charge < -0.3 is 10.1 Å². The zero-order valence-corrected chi connectivity index (χ0v) is 13.7. The molecule has 0 aliphatic heterocycles. The van der Waals surface area contributed by atoms with Crippen molar-refractivity contribution in [3.8, 4) is 5.75 Å². The Balaban J connectivity index is 1.71. The molecule has 0 bridgehead atoms. The number of halogens is 3. The molecule has 26 heavy (non-hydrogen) atoms. The molecule has 0 radical (unpaired) electrons. The SMILES string of the molecule is CCc1nc2cnccn2c1C(=O)NCc1ccc(OC(F)(F)F)cc1. The number of benzene rings is 1. The second kappa shape index (κ2) is 7.03. The number of alkyl halides is 3. The number of aryl methyl sites for hydroxylation is 1. The molecule has 0 unspecified atom stereocenters. The van der Waals surface area contributed by atoms with Gasteiger partial charge in [-0.1, -0.05) is 19.1 Å². The van der Waals surface area contributed by atoms with Crippen LogP contribution in [0.4, 0.5) is 13.2 Å². The summed E-state index contributed by atoms with van der Waals surface area (Å²) in [4.78, 5) is 20.9. The molecule has 1 amide bonds. The lowest BCUT2D eigenvalue weighted by atomic mass is 10.2. The van der Waals surface area contributed by atoms with Crippen molar-refractivity contribution in [3.63, 3.8) is 0 Å². The fraction of sp³-hybridized carbons (Fsp3) is 0.235. The number of fused-ring (bicyclic) bond motifs is 1. The van der Waals surface area contributed by atoms with Crippen molar-refractivity contribution in [2.24, 2.45) is 0 Å². The van der Waals surface area contributed by atoms with E-state index >= 15 is 0 Å². The summed E-state index contributed by atoms with van der Waals surface area (Å²) in [5, 5.41) is 2.75. The second-order valence-corrected chi connectivity index (χ2v) is 5.44. The first kappa shape index (κ1) is 17.7. The molecule has 1 aromatic carbocycles. The van der Waals surface area contributed by atoms with E-state index in [9.17, 15) is 18.0 Å². The number of amides is 1. The number of nitrogens with zero attached hydrogens (tertiary/aromatic N) is 3. The van der Waals surface area contributed by atoms with Gasteiger partial charge in [0.05, 0.1) is 11.9 Å². The predicted octanol–water partition coefficient (Wildman–Crippen LogP) is 3.12. The summed E-state index contributed by atoms with van der Waals surface area (Å²) in [6.45, 7) is 2.05. The van der Waals surface area contributed by atoms with Crippen molar-refractivity contribution < 1.29 is 22.7 Å². The summed E-state index contributed by atoms with van der Waals surface area (Å²) < 4.78 is 41.9. The van der Waals surface area contributed by atoms with E-state index in [0.29, 0.717) is 29.0 Å². The Hall–Kier alpha value is -3.10. The van der Waals surface area contributed by atoms with Gasteiger partial charge in [0.25, 0.3) is 5.91 Å². The predicted molar refractivity (Wildman–Crippen MR) is 86.7 cm³/mol. The number of nitrogens with one attached hydrogen (secondary N) is 1. The van der Waals surface area contributed by atoms with Gasteiger partial charge in [-0.15, -0.1) is 13.2 Å². The fourth-order valence-corrected chi connectivity index (χ4v) is 2.52. The van der Waals surface area contributed by atoms with Crippen LogP contribution >= 0.6 is 0 Å². The minimum absolute atomic E-state index is 0.159. The fourth-order valence-electron chi connectivity index (χ4n) is 2.52. The van der Waals surface area contributed by atoms with Crippen LogP contribution in [-0.2, 0) is 13.0 Å². The van der Waals surface area contributed by atoms with E-state index in [1.165, 1.54) is 24.3 Å². The molecular weight excluding hydrogens is 349 g/mol. The summed E-state index contributed by atoms with van der Waals surface area (Å²) in [7, 11) is 0. The molecule has 2 heterocycles. The maximum absolute atomic E-state index is 12.6. The molecule has 0 atom stereocenters. The van der Waals surface area contributed by atoms with Crippen LogP contribution < -0.4 is 10.1 Å². The van der Waals surface area contributed by atoms with Gasteiger partial charge in [-0.05, 0) is 24.1 Å². The van der Waals surface area contributed by atoms with Crippen molar-refractivity contribution in [2.75, 3.05) is 0 Å². The highest BCUT2D eigenvalue weighted by Gasteiger charge is 2.30. The zero-order chi connectivity index (χ0) is 18.7. The maximum Gasteiger partial charge on any atom is 0.573 e. The Kier molecular flexibility index (Phi) is 4.79. The highest BCUT2D eigenvalue weighted by atomic mass is 19.4. The van der Waals surface area contributed by atoms with Crippen molar-refractivity contribution in [1.82, 2.24) is 19.7 Å². The van der Waals surface area contributed by atoms with E-state index in [4.69, 9.17) is 0 Å². The lowest BCUT2D eigenvalue weighted by Gasteiger charge is -2.10. The first-order chi connectivity index (χ1) is 12.4. The minimum atomic E-state index is -4.73. The highest BCUT2D eigenvalue weighted by Crippen LogP contribution is 2.22. The highest BCUT2D eigenvalue weighted by molar-refractivity contribution is 5.94. The van der Waals surface area contributed by atoms with Crippen molar-refractivity contribution in [3.05, 3.63) is 59.8 Å². The molecule has 1 N–H and O–H groups in total. The van der Waals surface area contributed by atoms with E-state index in [1.807, 2.05) is 6.92 Å². The first-order valence-electron chi connectivity index (χ1n) is 7.81. The van der Waals surface area contributed by atoms with Gasteiger partial charge in [0.1, 0.15) is 11.4 Å². The van der Waals surface area contributed by atoms with Crippen LogP contribution in [0, 0.1) is 0 Å². The molecule has 0 saturated heterocycles. The molecule has 0 aliphatic rings. The number of aromatic nitrogens is 3. The Morgan fingerprint density at radius 3 is 2.65 bits per heavy atom. The van der Waals surface area contributed by atoms with Crippen LogP contribution in [0.3, 0.4) is 0 Å². The third kappa shape index (κ3) is 3.93. The van der Waals surface area contributed by atoms with Gasteiger partial charge in [-0.25, -0.2) is 4.98 Å². The van der Waals surface area contributed by atoms with Gasteiger partial charge >= 0.3 is 6.36 Å². The summed E-state index contributed by atoms with van der Waals surface area (Å²) in [6, 6.07) is 5.32. The number of hydrogen-bond acceptors (Lipinski definition) is 4. The first-order valence-corrected chi connectivity index (χ1v) is 7.81. The van der Waals surface area contributed by atoms with Gasteiger partial charge in [-0.2, -0.15) is 0 Å². The van der Waals surface area contributed by atoms with E-state index in [-0.39, 0.29) is 18.2 Å². The molecule has 3 rings (SSSR count). The Labute approximate surface area is 146 Å². The molecule has 2 aromatic heterocycles. The topological polar surface area (TPSA) is 68.5 Å². The molecule has 9 heteroatoms. The Morgan fingerprint density at radius 1 is 1.27 bits per heavy atom. The van der Waals surface area contributed by atoms with Crippen LogP contribution in [-0.4, -0.2) is 26.6 Å². The van der Waals surface area contributed by atoms with Crippen LogP contribution in [0.2, 0.25) is 0 Å². The van der Waals surface area contributed by atoms with Crippen molar-refractivity contribution in [1.29, 1.82) is 0 Å². The standard InChI is InChI=1S/C17H15F3N4O2/c1-2-13-15(24-8-7-21-10-14(24)23-13)16(25)22-9-11-3-5-12(6-4-11)26-17(18,19)20/h3-8,10H,2,9H2,1H3,(H,22,25). The van der Waals surface area contributed by atoms with Crippen LogP contribution in [0.25, 0.3) is 5.65 Å². The average molecular weight is 364 g/mol. The number of carbonyl (C=O) groups is 1. The largest absolute Gasteiger partial charge is 0.573 e. The molecule has 3 aromatic rings. The van der Waals surface area contributed by atoms with Crippen LogP contribution in [0.5, 0.6) is 5.75 Å².